The third-order valence-electron chi connectivity index (χ3n) is 6.90. The molecule has 1 aliphatic heterocycles. The van der Waals surface area contributed by atoms with E-state index in [0.717, 1.165) is 11.1 Å². The van der Waals surface area contributed by atoms with Gasteiger partial charge in [0.1, 0.15) is 11.8 Å². The lowest BCUT2D eigenvalue weighted by Crippen LogP contribution is -2.40. The molecule has 0 unspecified atom stereocenters. The van der Waals surface area contributed by atoms with Crippen LogP contribution in [0.3, 0.4) is 0 Å². The molecule has 1 atom stereocenters. The SMILES string of the molecule is CCOc1cc(/C=c2\sc3n(c2=O)[C@@H](c2ccc(C)c(OC)c2)C(C(=O)Nc2ccccc2)=C(C)N=3)ccc1OCC#N. The highest BCUT2D eigenvalue weighted by atomic mass is 32.1. The summed E-state index contributed by atoms with van der Waals surface area (Å²) in [4.78, 5) is 33.1. The third kappa shape index (κ3) is 6.08. The standard InChI is InChI=1S/C33H30N4O5S/c1-5-41-27-17-22(12-14-25(27)42-16-15-34)18-28-32(39)37-30(23-13-11-20(2)26(19-23)40-4)29(21(3)35-33(37)43-28)31(38)36-24-9-7-6-8-10-24/h6-14,17-19,30H,5,16H2,1-4H3,(H,36,38)/b28-18-/t30-/m0/s1. The topological polar surface area (TPSA) is 115 Å². The van der Waals surface area contributed by atoms with Gasteiger partial charge < -0.3 is 19.5 Å². The normalized spacial score (nSPS) is 14.4. The lowest BCUT2D eigenvalue weighted by molar-refractivity contribution is -0.113. The number of rotatable bonds is 9. The number of hydrogen-bond acceptors (Lipinski definition) is 8. The summed E-state index contributed by atoms with van der Waals surface area (Å²) in [5, 5.41) is 11.9. The van der Waals surface area contributed by atoms with Gasteiger partial charge in [0.25, 0.3) is 11.5 Å². The minimum atomic E-state index is -0.739. The van der Waals surface area contributed by atoms with Crippen molar-refractivity contribution in [2.75, 3.05) is 25.6 Å². The number of ether oxygens (including phenoxy) is 3. The largest absolute Gasteiger partial charge is 0.496 e. The lowest BCUT2D eigenvalue weighted by atomic mass is 9.94. The minimum Gasteiger partial charge on any atom is -0.496 e. The van der Waals surface area contributed by atoms with Crippen LogP contribution in [0.15, 0.2) is 87.8 Å². The first-order valence-corrected chi connectivity index (χ1v) is 14.5. The molecule has 1 amide bonds. The van der Waals surface area contributed by atoms with Crippen molar-refractivity contribution in [1.29, 1.82) is 5.26 Å². The lowest BCUT2D eigenvalue weighted by Gasteiger charge is -2.26. The van der Waals surface area contributed by atoms with Gasteiger partial charge in [-0.1, -0.05) is 47.7 Å². The number of anilines is 1. The Morgan fingerprint density at radius 1 is 1.07 bits per heavy atom. The molecule has 0 bridgehead atoms. The van der Waals surface area contributed by atoms with E-state index in [0.29, 0.717) is 55.7 Å². The molecule has 9 nitrogen and oxygen atoms in total. The fraction of sp³-hybridized carbons (Fsp3) is 0.212. The molecule has 0 fully saturated rings. The molecular weight excluding hydrogens is 564 g/mol. The molecule has 218 valence electrons. The van der Waals surface area contributed by atoms with Gasteiger partial charge in [-0.15, -0.1) is 0 Å². The van der Waals surface area contributed by atoms with Crippen LogP contribution in [0, 0.1) is 18.3 Å². The van der Waals surface area contributed by atoms with Crippen molar-refractivity contribution in [3.05, 3.63) is 114 Å². The Balaban J connectivity index is 1.65. The number of carbonyl (C=O) groups excluding carboxylic acids is 1. The zero-order valence-corrected chi connectivity index (χ0v) is 25.0. The van der Waals surface area contributed by atoms with E-state index >= 15 is 0 Å². The third-order valence-corrected chi connectivity index (χ3v) is 7.89. The molecule has 43 heavy (non-hydrogen) atoms. The number of allylic oxidation sites excluding steroid dienone is 1. The average molecular weight is 595 g/mol. The summed E-state index contributed by atoms with van der Waals surface area (Å²) in [6.45, 7) is 5.87. The molecule has 4 aromatic rings. The Hall–Kier alpha value is -5.14. The number of benzene rings is 3. The second-order valence-electron chi connectivity index (χ2n) is 9.72. The van der Waals surface area contributed by atoms with Crippen LogP contribution in [-0.4, -0.2) is 30.8 Å². The summed E-state index contributed by atoms with van der Waals surface area (Å²) < 4.78 is 18.8. The second-order valence-corrected chi connectivity index (χ2v) is 10.7. The first-order valence-electron chi connectivity index (χ1n) is 13.6. The van der Waals surface area contributed by atoms with E-state index < -0.39 is 6.04 Å². The number of methoxy groups -OCH3 is 1. The van der Waals surface area contributed by atoms with Crippen LogP contribution < -0.4 is 34.4 Å². The predicted octanol–water partition coefficient (Wildman–Crippen LogP) is 4.49. The average Bonchev–Trinajstić information content (AvgIpc) is 3.30. The van der Waals surface area contributed by atoms with E-state index in [1.807, 2.05) is 56.3 Å². The molecule has 0 radical (unpaired) electrons. The number of fused-ring (bicyclic) bond motifs is 1. The quantitative estimate of drug-likeness (QED) is 0.305. The number of para-hydroxylation sites is 1. The molecule has 0 saturated heterocycles. The fourth-order valence-corrected chi connectivity index (χ4v) is 5.96. The van der Waals surface area contributed by atoms with Crippen LogP contribution in [0.1, 0.15) is 36.6 Å². The van der Waals surface area contributed by atoms with E-state index in [9.17, 15) is 9.59 Å². The Morgan fingerprint density at radius 2 is 1.86 bits per heavy atom. The summed E-state index contributed by atoms with van der Waals surface area (Å²) >= 11 is 1.24. The first-order chi connectivity index (χ1) is 20.8. The predicted molar refractivity (Wildman–Crippen MR) is 165 cm³/mol. The molecular formula is C33H30N4O5S. The monoisotopic (exact) mass is 594 g/mol. The Morgan fingerprint density at radius 3 is 2.58 bits per heavy atom. The maximum absolute atomic E-state index is 14.1. The summed E-state index contributed by atoms with van der Waals surface area (Å²) in [6.07, 6.45) is 1.76. The molecule has 1 aliphatic rings. The zero-order chi connectivity index (χ0) is 30.5. The van der Waals surface area contributed by atoms with Crippen molar-refractivity contribution >= 4 is 29.0 Å². The van der Waals surface area contributed by atoms with Gasteiger partial charge in [0.2, 0.25) is 0 Å². The minimum absolute atomic E-state index is 0.110. The Kier molecular flexibility index (Phi) is 8.74. The van der Waals surface area contributed by atoms with Crippen LogP contribution >= 0.6 is 11.3 Å². The number of nitriles is 1. The fourth-order valence-electron chi connectivity index (χ4n) is 4.92. The number of aromatic nitrogens is 1. The van der Waals surface area contributed by atoms with Crippen molar-refractivity contribution in [3.8, 4) is 23.3 Å². The van der Waals surface area contributed by atoms with Crippen LogP contribution in [0.5, 0.6) is 17.2 Å². The van der Waals surface area contributed by atoms with Crippen molar-refractivity contribution in [3.63, 3.8) is 0 Å². The number of carbonyl (C=O) groups is 1. The number of nitrogens with one attached hydrogen (secondary N) is 1. The zero-order valence-electron chi connectivity index (χ0n) is 24.2. The Bertz CT molecular complexity index is 1940. The maximum atomic E-state index is 14.1. The molecule has 0 aliphatic carbocycles. The highest BCUT2D eigenvalue weighted by molar-refractivity contribution is 7.07. The van der Waals surface area contributed by atoms with Gasteiger partial charge in [-0.3, -0.25) is 14.2 Å². The van der Waals surface area contributed by atoms with Crippen molar-refractivity contribution in [2.45, 2.75) is 26.8 Å². The van der Waals surface area contributed by atoms with E-state index in [-0.39, 0.29) is 18.1 Å². The van der Waals surface area contributed by atoms with Crippen LogP contribution in [0.2, 0.25) is 0 Å². The summed E-state index contributed by atoms with van der Waals surface area (Å²) in [5.41, 5.74) is 3.60. The van der Waals surface area contributed by atoms with Gasteiger partial charge in [-0.25, -0.2) is 4.99 Å². The van der Waals surface area contributed by atoms with Crippen molar-refractivity contribution in [2.24, 2.45) is 4.99 Å². The molecule has 3 aromatic carbocycles. The first kappa shape index (κ1) is 29.4. The van der Waals surface area contributed by atoms with Crippen LogP contribution in [0.25, 0.3) is 6.08 Å². The summed E-state index contributed by atoms with van der Waals surface area (Å²) in [6, 6.07) is 21.3. The summed E-state index contributed by atoms with van der Waals surface area (Å²) in [7, 11) is 1.59. The number of hydrogen-bond donors (Lipinski definition) is 1. The van der Waals surface area contributed by atoms with Gasteiger partial charge in [0.05, 0.1) is 35.6 Å². The van der Waals surface area contributed by atoms with Gasteiger partial charge in [-0.2, -0.15) is 5.26 Å². The molecule has 1 aromatic heterocycles. The molecule has 0 saturated carbocycles. The maximum Gasteiger partial charge on any atom is 0.271 e. The molecule has 0 spiro atoms. The Labute approximate surface area is 252 Å². The van der Waals surface area contributed by atoms with Gasteiger partial charge >= 0.3 is 0 Å². The molecule has 10 heteroatoms. The molecule has 5 rings (SSSR count). The number of amides is 1. The number of thiazole rings is 1. The smallest absolute Gasteiger partial charge is 0.271 e. The molecule has 2 heterocycles. The van der Waals surface area contributed by atoms with E-state index in [1.165, 1.54) is 11.3 Å². The van der Waals surface area contributed by atoms with Crippen LogP contribution in [-0.2, 0) is 4.79 Å². The number of aryl methyl sites for hydroxylation is 1. The van der Waals surface area contributed by atoms with Gasteiger partial charge in [0, 0.05) is 5.69 Å². The second kappa shape index (κ2) is 12.8. The number of nitrogens with zero attached hydrogens (tertiary/aromatic N) is 3. The van der Waals surface area contributed by atoms with E-state index in [4.69, 9.17) is 24.5 Å². The van der Waals surface area contributed by atoms with Gasteiger partial charge in [-0.05, 0) is 73.9 Å². The van der Waals surface area contributed by atoms with Crippen molar-refractivity contribution < 1.29 is 19.0 Å². The van der Waals surface area contributed by atoms with E-state index in [2.05, 4.69) is 5.32 Å². The molecule has 1 N–H and O–H groups in total. The summed E-state index contributed by atoms with van der Waals surface area (Å²) in [5.74, 6) is 1.22. The highest BCUT2D eigenvalue weighted by Crippen LogP contribution is 2.34. The van der Waals surface area contributed by atoms with Gasteiger partial charge in [0.15, 0.2) is 22.9 Å². The van der Waals surface area contributed by atoms with E-state index in [1.54, 1.807) is 55.0 Å². The van der Waals surface area contributed by atoms with Crippen molar-refractivity contribution in [1.82, 2.24) is 4.57 Å². The van der Waals surface area contributed by atoms with Crippen LogP contribution in [0.4, 0.5) is 5.69 Å². The highest BCUT2D eigenvalue weighted by Gasteiger charge is 2.33.